The minimum absolute atomic E-state index is 0.0237. The minimum atomic E-state index is -2.90. The Morgan fingerprint density at radius 3 is 2.60 bits per heavy atom. The second-order valence-corrected chi connectivity index (χ2v) is 5.14. The van der Waals surface area contributed by atoms with E-state index in [1.165, 1.54) is 23.0 Å². The smallest absolute Gasteiger partial charge is 0.290 e. The van der Waals surface area contributed by atoms with Gasteiger partial charge in [0.1, 0.15) is 0 Å². The van der Waals surface area contributed by atoms with Crippen LogP contribution in [-0.4, -0.2) is 15.6 Å². The lowest BCUT2D eigenvalue weighted by Gasteiger charge is -2.17. The first-order valence-electron chi connectivity index (χ1n) is 6.65. The van der Waals surface area contributed by atoms with Crippen molar-refractivity contribution in [3.8, 4) is 0 Å². The number of alkyl halides is 2. The van der Waals surface area contributed by atoms with Gasteiger partial charge in [-0.1, -0.05) is 44.2 Å². The first-order valence-corrected chi connectivity index (χ1v) is 6.65. The molecule has 0 atom stereocenters. The van der Waals surface area contributed by atoms with Crippen LogP contribution in [0.15, 0.2) is 42.9 Å². The third-order valence-corrected chi connectivity index (χ3v) is 2.96. The van der Waals surface area contributed by atoms with Crippen LogP contribution >= 0.6 is 0 Å². The molecule has 0 bridgehead atoms. The summed E-state index contributed by atoms with van der Waals surface area (Å²) in [4.78, 5) is 4.13. The summed E-state index contributed by atoms with van der Waals surface area (Å²) in [5.74, 6) is -2.90. The van der Waals surface area contributed by atoms with E-state index in [2.05, 4.69) is 10.3 Å². The molecule has 2 rings (SSSR count). The van der Waals surface area contributed by atoms with Crippen LogP contribution in [-0.2, 0) is 19.0 Å². The molecule has 108 valence electrons. The molecular formula is C15H19F2N3. The van der Waals surface area contributed by atoms with E-state index in [0.717, 1.165) is 5.69 Å². The number of nitrogens with one attached hydrogen (secondary N) is 1. The van der Waals surface area contributed by atoms with Gasteiger partial charge < -0.3 is 9.88 Å². The lowest BCUT2D eigenvalue weighted by atomic mass is 10.1. The summed E-state index contributed by atoms with van der Waals surface area (Å²) < 4.78 is 29.6. The van der Waals surface area contributed by atoms with Crippen LogP contribution in [0.25, 0.3) is 0 Å². The summed E-state index contributed by atoms with van der Waals surface area (Å²) >= 11 is 0. The molecule has 0 aliphatic rings. The summed E-state index contributed by atoms with van der Waals surface area (Å²) in [6.45, 7) is 4.24. The van der Waals surface area contributed by atoms with Gasteiger partial charge in [-0.15, -0.1) is 0 Å². The Morgan fingerprint density at radius 1 is 1.25 bits per heavy atom. The van der Waals surface area contributed by atoms with Gasteiger partial charge in [0, 0.05) is 24.3 Å². The zero-order valence-electron chi connectivity index (χ0n) is 11.7. The molecule has 20 heavy (non-hydrogen) atoms. The number of hydrogen-bond donors (Lipinski definition) is 1. The molecular weight excluding hydrogens is 260 g/mol. The molecule has 0 spiro atoms. The van der Waals surface area contributed by atoms with Gasteiger partial charge in [0.2, 0.25) is 0 Å². The lowest BCUT2D eigenvalue weighted by molar-refractivity contribution is -0.0222. The Hall–Kier alpha value is -1.75. The number of hydrogen-bond acceptors (Lipinski definition) is 2. The van der Waals surface area contributed by atoms with Crippen molar-refractivity contribution in [2.45, 2.75) is 38.9 Å². The molecule has 1 aromatic heterocycles. The van der Waals surface area contributed by atoms with Gasteiger partial charge >= 0.3 is 0 Å². The molecule has 0 amide bonds. The molecule has 0 unspecified atom stereocenters. The molecule has 1 aromatic carbocycles. The maximum absolute atomic E-state index is 14.1. The van der Waals surface area contributed by atoms with Gasteiger partial charge in [-0.3, -0.25) is 0 Å². The van der Waals surface area contributed by atoms with E-state index < -0.39 is 12.5 Å². The summed E-state index contributed by atoms with van der Waals surface area (Å²) in [5, 5.41) is 3.21. The molecule has 0 aliphatic carbocycles. The van der Waals surface area contributed by atoms with Crippen molar-refractivity contribution >= 4 is 0 Å². The SMILES string of the molecule is CC(C)NCc1cn(CC(F)(F)c2ccccc2)cn1. The number of aromatic nitrogens is 2. The molecule has 0 radical (unpaired) electrons. The van der Waals surface area contributed by atoms with Gasteiger partial charge in [-0.25, -0.2) is 4.98 Å². The van der Waals surface area contributed by atoms with Crippen molar-refractivity contribution in [1.29, 1.82) is 0 Å². The number of rotatable bonds is 6. The molecule has 2 aromatic rings. The van der Waals surface area contributed by atoms with Crippen molar-refractivity contribution in [1.82, 2.24) is 14.9 Å². The van der Waals surface area contributed by atoms with E-state index >= 15 is 0 Å². The maximum Gasteiger partial charge on any atom is 0.290 e. The highest BCUT2D eigenvalue weighted by atomic mass is 19.3. The normalized spacial score (nSPS) is 12.1. The highest BCUT2D eigenvalue weighted by Gasteiger charge is 2.31. The lowest BCUT2D eigenvalue weighted by Crippen LogP contribution is -2.22. The monoisotopic (exact) mass is 279 g/mol. The van der Waals surface area contributed by atoms with Crippen molar-refractivity contribution in [2.24, 2.45) is 0 Å². The van der Waals surface area contributed by atoms with E-state index in [4.69, 9.17) is 0 Å². The number of benzene rings is 1. The van der Waals surface area contributed by atoms with E-state index in [1.54, 1.807) is 24.4 Å². The van der Waals surface area contributed by atoms with Crippen LogP contribution in [0.2, 0.25) is 0 Å². The van der Waals surface area contributed by atoms with Gasteiger partial charge in [0.05, 0.1) is 18.6 Å². The predicted octanol–water partition coefficient (Wildman–Crippen LogP) is 3.17. The Kier molecular flexibility index (Phi) is 4.49. The zero-order valence-corrected chi connectivity index (χ0v) is 11.7. The summed E-state index contributed by atoms with van der Waals surface area (Å²) in [7, 11) is 0. The van der Waals surface area contributed by atoms with Crippen LogP contribution in [0.4, 0.5) is 8.78 Å². The third kappa shape index (κ3) is 3.87. The number of halogens is 2. The minimum Gasteiger partial charge on any atom is -0.331 e. The molecule has 0 fully saturated rings. The first kappa shape index (κ1) is 14.7. The number of nitrogens with zero attached hydrogens (tertiary/aromatic N) is 2. The van der Waals surface area contributed by atoms with Gasteiger partial charge in [-0.2, -0.15) is 8.78 Å². The van der Waals surface area contributed by atoms with Crippen LogP contribution in [0.1, 0.15) is 25.1 Å². The summed E-state index contributed by atoms with van der Waals surface area (Å²) in [6.07, 6.45) is 3.11. The van der Waals surface area contributed by atoms with Gasteiger partial charge in [0.15, 0.2) is 0 Å². The average Bonchev–Trinajstić information content (AvgIpc) is 2.84. The largest absolute Gasteiger partial charge is 0.331 e. The Morgan fingerprint density at radius 2 is 1.95 bits per heavy atom. The second kappa shape index (κ2) is 6.13. The first-order chi connectivity index (χ1) is 9.47. The summed E-state index contributed by atoms with van der Waals surface area (Å²) in [5.41, 5.74) is 0.790. The van der Waals surface area contributed by atoms with Crippen LogP contribution < -0.4 is 5.32 Å². The average molecular weight is 279 g/mol. The standard InChI is InChI=1S/C15H19F2N3/c1-12(2)18-8-14-9-20(11-19-14)10-15(16,17)13-6-4-3-5-7-13/h3-7,9,11-12,18H,8,10H2,1-2H3. The molecule has 3 nitrogen and oxygen atoms in total. The molecule has 1 N–H and O–H groups in total. The fourth-order valence-corrected chi connectivity index (χ4v) is 1.90. The fourth-order valence-electron chi connectivity index (χ4n) is 1.90. The van der Waals surface area contributed by atoms with Crippen LogP contribution in [0, 0.1) is 0 Å². The molecule has 0 saturated carbocycles. The zero-order chi connectivity index (χ0) is 14.6. The molecule has 0 aliphatic heterocycles. The van der Waals surface area contributed by atoms with Crippen molar-refractivity contribution in [2.75, 3.05) is 0 Å². The van der Waals surface area contributed by atoms with E-state index in [1.807, 2.05) is 13.8 Å². The highest BCUT2D eigenvalue weighted by molar-refractivity contribution is 5.19. The van der Waals surface area contributed by atoms with Crippen LogP contribution in [0.3, 0.4) is 0 Å². The van der Waals surface area contributed by atoms with Crippen molar-refractivity contribution in [3.05, 3.63) is 54.1 Å². The topological polar surface area (TPSA) is 29.9 Å². The van der Waals surface area contributed by atoms with Crippen molar-refractivity contribution < 1.29 is 8.78 Å². The molecule has 5 heteroatoms. The molecule has 1 heterocycles. The second-order valence-electron chi connectivity index (χ2n) is 5.14. The van der Waals surface area contributed by atoms with Gasteiger partial charge in [0.25, 0.3) is 5.92 Å². The number of imidazole rings is 1. The predicted molar refractivity (Wildman–Crippen MR) is 74.5 cm³/mol. The quantitative estimate of drug-likeness (QED) is 0.880. The van der Waals surface area contributed by atoms with Crippen LogP contribution in [0.5, 0.6) is 0 Å². The van der Waals surface area contributed by atoms with E-state index in [-0.39, 0.29) is 5.56 Å². The molecule has 0 saturated heterocycles. The van der Waals surface area contributed by atoms with E-state index in [0.29, 0.717) is 12.6 Å². The van der Waals surface area contributed by atoms with Gasteiger partial charge in [-0.05, 0) is 0 Å². The Bertz CT molecular complexity index is 535. The highest BCUT2D eigenvalue weighted by Crippen LogP contribution is 2.29. The van der Waals surface area contributed by atoms with E-state index in [9.17, 15) is 8.78 Å². The Labute approximate surface area is 117 Å². The third-order valence-electron chi connectivity index (χ3n) is 2.96. The fraction of sp³-hybridized carbons (Fsp3) is 0.400. The summed E-state index contributed by atoms with van der Waals surface area (Å²) in [6, 6.07) is 8.19. The van der Waals surface area contributed by atoms with Crippen molar-refractivity contribution in [3.63, 3.8) is 0 Å². The maximum atomic E-state index is 14.1. The Balaban J connectivity index is 2.03.